The van der Waals surface area contributed by atoms with Gasteiger partial charge in [0.15, 0.2) is 0 Å². The number of urea groups is 1. The van der Waals surface area contributed by atoms with Crippen molar-refractivity contribution in [3.05, 3.63) is 40.7 Å². The SMILES string of the molecule is Cn1c(-c2ccccc2)c(NC(=O)NC2CCCCC2)c(=O)n1C. The summed E-state index contributed by atoms with van der Waals surface area (Å²) in [7, 11) is 3.51. The molecule has 1 heterocycles. The highest BCUT2D eigenvalue weighted by molar-refractivity contribution is 5.93. The second-order valence-corrected chi connectivity index (χ2v) is 6.38. The van der Waals surface area contributed by atoms with Gasteiger partial charge in [0.25, 0.3) is 5.56 Å². The number of anilines is 1. The van der Waals surface area contributed by atoms with Crippen LogP contribution in [0.1, 0.15) is 32.1 Å². The summed E-state index contributed by atoms with van der Waals surface area (Å²) in [5.74, 6) is 0. The third-order valence-electron chi connectivity index (χ3n) is 4.74. The number of hydrogen-bond acceptors (Lipinski definition) is 2. The molecule has 0 atom stereocenters. The fraction of sp³-hybridized carbons (Fsp3) is 0.444. The average molecular weight is 328 g/mol. The van der Waals surface area contributed by atoms with Crippen LogP contribution in [0.25, 0.3) is 11.3 Å². The van der Waals surface area contributed by atoms with Gasteiger partial charge in [0.1, 0.15) is 5.69 Å². The maximum Gasteiger partial charge on any atom is 0.319 e. The van der Waals surface area contributed by atoms with Gasteiger partial charge in [0, 0.05) is 25.7 Å². The van der Waals surface area contributed by atoms with Gasteiger partial charge in [0.2, 0.25) is 0 Å². The standard InChI is InChI=1S/C18H24N4O2/c1-21-16(13-9-5-3-6-10-13)15(17(23)22(21)2)20-18(24)19-14-11-7-4-8-12-14/h3,5-6,9-10,14H,4,7-8,11-12H2,1-2H3,(H2,19,20,24). The number of hydrogen-bond donors (Lipinski definition) is 2. The van der Waals surface area contributed by atoms with Gasteiger partial charge in [-0.05, 0) is 12.8 Å². The molecule has 2 aromatic rings. The van der Waals surface area contributed by atoms with Crippen molar-refractivity contribution in [3.8, 4) is 11.3 Å². The highest BCUT2D eigenvalue weighted by Gasteiger charge is 2.21. The lowest BCUT2D eigenvalue weighted by atomic mass is 9.96. The van der Waals surface area contributed by atoms with Crippen molar-refractivity contribution in [2.24, 2.45) is 14.1 Å². The molecule has 2 amide bonds. The number of aromatic nitrogens is 2. The Hall–Kier alpha value is -2.50. The zero-order valence-electron chi connectivity index (χ0n) is 14.2. The molecule has 1 fully saturated rings. The minimum atomic E-state index is -0.303. The van der Waals surface area contributed by atoms with Crippen LogP contribution in [0.3, 0.4) is 0 Å². The molecule has 1 aliphatic carbocycles. The van der Waals surface area contributed by atoms with Gasteiger partial charge in [-0.25, -0.2) is 4.79 Å². The quantitative estimate of drug-likeness (QED) is 0.910. The second kappa shape index (κ2) is 6.95. The van der Waals surface area contributed by atoms with E-state index in [9.17, 15) is 9.59 Å². The summed E-state index contributed by atoms with van der Waals surface area (Å²) in [6.07, 6.45) is 5.54. The molecule has 24 heavy (non-hydrogen) atoms. The maximum absolute atomic E-state index is 12.5. The summed E-state index contributed by atoms with van der Waals surface area (Å²) in [6, 6.07) is 9.51. The van der Waals surface area contributed by atoms with Crippen molar-refractivity contribution in [1.82, 2.24) is 14.7 Å². The summed E-state index contributed by atoms with van der Waals surface area (Å²) in [5, 5.41) is 5.78. The Bertz CT molecular complexity index is 770. The first-order chi connectivity index (χ1) is 11.6. The molecule has 1 aromatic heterocycles. The molecule has 0 radical (unpaired) electrons. The van der Waals surface area contributed by atoms with Crippen LogP contribution >= 0.6 is 0 Å². The van der Waals surface area contributed by atoms with Crippen LogP contribution in [0, 0.1) is 0 Å². The molecular formula is C18H24N4O2. The number of nitrogens with zero attached hydrogens (tertiary/aromatic N) is 2. The molecule has 6 heteroatoms. The van der Waals surface area contributed by atoms with E-state index in [1.165, 1.54) is 11.1 Å². The molecule has 0 spiro atoms. The largest absolute Gasteiger partial charge is 0.335 e. The molecule has 128 valence electrons. The van der Waals surface area contributed by atoms with E-state index in [0.29, 0.717) is 11.4 Å². The summed E-state index contributed by atoms with van der Waals surface area (Å²) >= 11 is 0. The maximum atomic E-state index is 12.5. The normalized spacial score (nSPS) is 15.2. The van der Waals surface area contributed by atoms with Gasteiger partial charge >= 0.3 is 6.03 Å². The average Bonchev–Trinajstić information content (AvgIpc) is 2.80. The Morgan fingerprint density at radius 1 is 1.04 bits per heavy atom. The van der Waals surface area contributed by atoms with Crippen molar-refractivity contribution >= 4 is 11.7 Å². The fourth-order valence-electron chi connectivity index (χ4n) is 3.33. The summed E-state index contributed by atoms with van der Waals surface area (Å²) < 4.78 is 3.26. The van der Waals surface area contributed by atoms with Gasteiger partial charge in [0.05, 0.1) is 5.69 Å². The predicted octanol–water partition coefficient (Wildman–Crippen LogP) is 2.85. The highest BCUT2D eigenvalue weighted by atomic mass is 16.2. The third-order valence-corrected chi connectivity index (χ3v) is 4.74. The number of rotatable bonds is 3. The molecular weight excluding hydrogens is 304 g/mol. The first-order valence-electron chi connectivity index (χ1n) is 8.47. The third kappa shape index (κ3) is 3.22. The van der Waals surface area contributed by atoms with Crippen LogP contribution in [0.5, 0.6) is 0 Å². The molecule has 1 aromatic carbocycles. The lowest BCUT2D eigenvalue weighted by molar-refractivity contribution is 0.244. The number of amides is 2. The van der Waals surface area contributed by atoms with E-state index in [4.69, 9.17) is 0 Å². The first kappa shape index (κ1) is 16.4. The Morgan fingerprint density at radius 3 is 2.38 bits per heavy atom. The van der Waals surface area contributed by atoms with Crippen molar-refractivity contribution in [1.29, 1.82) is 0 Å². The van der Waals surface area contributed by atoms with E-state index in [1.54, 1.807) is 11.7 Å². The molecule has 6 nitrogen and oxygen atoms in total. The second-order valence-electron chi connectivity index (χ2n) is 6.38. The molecule has 3 rings (SSSR count). The van der Waals surface area contributed by atoms with Gasteiger partial charge < -0.3 is 10.6 Å². The molecule has 0 saturated heterocycles. The van der Waals surface area contributed by atoms with E-state index in [-0.39, 0.29) is 17.6 Å². The lowest BCUT2D eigenvalue weighted by Gasteiger charge is -2.22. The minimum Gasteiger partial charge on any atom is -0.335 e. The van der Waals surface area contributed by atoms with Crippen LogP contribution in [0.4, 0.5) is 10.5 Å². The summed E-state index contributed by atoms with van der Waals surface area (Å²) in [6.45, 7) is 0. The number of carbonyl (C=O) groups excluding carboxylic acids is 1. The summed E-state index contributed by atoms with van der Waals surface area (Å²) in [5.41, 5.74) is 1.71. The molecule has 0 bridgehead atoms. The molecule has 1 saturated carbocycles. The van der Waals surface area contributed by atoms with Gasteiger partial charge in [-0.1, -0.05) is 49.6 Å². The topological polar surface area (TPSA) is 68.1 Å². The van der Waals surface area contributed by atoms with Gasteiger partial charge in [-0.15, -0.1) is 0 Å². The molecule has 0 aliphatic heterocycles. The Kier molecular flexibility index (Phi) is 4.74. The molecule has 2 N–H and O–H groups in total. The van der Waals surface area contributed by atoms with Crippen LogP contribution in [-0.4, -0.2) is 21.4 Å². The zero-order valence-corrected chi connectivity index (χ0v) is 14.2. The Morgan fingerprint density at radius 2 is 1.71 bits per heavy atom. The molecule has 0 unspecified atom stereocenters. The first-order valence-corrected chi connectivity index (χ1v) is 8.47. The smallest absolute Gasteiger partial charge is 0.319 e. The van der Waals surface area contributed by atoms with Gasteiger partial charge in [-0.3, -0.25) is 14.2 Å². The van der Waals surface area contributed by atoms with E-state index in [2.05, 4.69) is 10.6 Å². The monoisotopic (exact) mass is 328 g/mol. The number of carbonyl (C=O) groups is 1. The van der Waals surface area contributed by atoms with Crippen LogP contribution in [0.15, 0.2) is 35.1 Å². The lowest BCUT2D eigenvalue weighted by Crippen LogP contribution is -2.39. The van der Waals surface area contributed by atoms with Crippen LogP contribution in [-0.2, 0) is 14.1 Å². The van der Waals surface area contributed by atoms with Crippen molar-refractivity contribution in [3.63, 3.8) is 0 Å². The highest BCUT2D eigenvalue weighted by Crippen LogP contribution is 2.25. The summed E-state index contributed by atoms with van der Waals surface area (Å²) in [4.78, 5) is 24.9. The molecule has 1 aliphatic rings. The predicted molar refractivity (Wildman–Crippen MR) is 95.1 cm³/mol. The van der Waals surface area contributed by atoms with Crippen LogP contribution < -0.4 is 16.2 Å². The fourth-order valence-corrected chi connectivity index (χ4v) is 3.33. The van der Waals surface area contributed by atoms with E-state index in [0.717, 1.165) is 31.2 Å². The zero-order chi connectivity index (χ0) is 17.1. The van der Waals surface area contributed by atoms with E-state index in [1.807, 2.05) is 37.4 Å². The van der Waals surface area contributed by atoms with E-state index >= 15 is 0 Å². The van der Waals surface area contributed by atoms with Crippen molar-refractivity contribution in [2.75, 3.05) is 5.32 Å². The van der Waals surface area contributed by atoms with E-state index < -0.39 is 0 Å². The Labute approximate surface area is 141 Å². The van der Waals surface area contributed by atoms with Crippen molar-refractivity contribution in [2.45, 2.75) is 38.1 Å². The van der Waals surface area contributed by atoms with Crippen LogP contribution in [0.2, 0.25) is 0 Å². The number of benzene rings is 1. The Balaban J connectivity index is 1.86. The minimum absolute atomic E-state index is 0.200. The number of nitrogens with one attached hydrogen (secondary N) is 2. The van der Waals surface area contributed by atoms with Crippen molar-refractivity contribution < 1.29 is 4.79 Å². The van der Waals surface area contributed by atoms with Gasteiger partial charge in [-0.2, -0.15) is 0 Å².